The zero-order chi connectivity index (χ0) is 16.4. The van der Waals surface area contributed by atoms with Crippen LogP contribution >= 0.6 is 11.3 Å². The zero-order valence-electron chi connectivity index (χ0n) is 14.8. The summed E-state index contributed by atoms with van der Waals surface area (Å²) in [6.07, 6.45) is 2.02. The topological polar surface area (TPSA) is 12.5 Å². The van der Waals surface area contributed by atoms with E-state index in [4.69, 9.17) is 4.43 Å². The zero-order valence-corrected chi connectivity index (χ0v) is 16.6. The van der Waals surface area contributed by atoms with E-state index < -0.39 is 8.32 Å². The minimum Gasteiger partial charge on any atom is -0.416 e. The third-order valence-corrected chi connectivity index (χ3v) is 10.5. The van der Waals surface area contributed by atoms with Crippen LogP contribution in [0, 0.1) is 5.92 Å². The van der Waals surface area contributed by atoms with Crippen molar-refractivity contribution in [2.24, 2.45) is 5.92 Å². The van der Waals surface area contributed by atoms with Gasteiger partial charge in [0.1, 0.15) is 0 Å². The molecule has 2 unspecified atom stereocenters. The summed E-state index contributed by atoms with van der Waals surface area (Å²) in [5.41, 5.74) is 1.49. The lowest BCUT2D eigenvalue weighted by Crippen LogP contribution is -2.42. The summed E-state index contributed by atoms with van der Waals surface area (Å²) in [5.74, 6) is 1.21. The van der Waals surface area contributed by atoms with Crippen LogP contribution in [0.15, 0.2) is 29.5 Å². The quantitative estimate of drug-likeness (QED) is 0.537. The van der Waals surface area contributed by atoms with Gasteiger partial charge in [-0.3, -0.25) is 4.90 Å². The number of likely N-dealkylation sites (tertiary alicyclic amines) is 1. The van der Waals surface area contributed by atoms with Crippen LogP contribution in [0.2, 0.25) is 18.1 Å². The molecular formula is C18H31NOSSi. The molecular weight excluding hydrogens is 306 g/mol. The van der Waals surface area contributed by atoms with Crippen molar-refractivity contribution in [1.29, 1.82) is 0 Å². The van der Waals surface area contributed by atoms with Gasteiger partial charge in [0.25, 0.3) is 0 Å². The van der Waals surface area contributed by atoms with Crippen molar-refractivity contribution in [3.63, 3.8) is 0 Å². The number of thiophene rings is 1. The molecule has 1 aliphatic rings. The fraction of sp³-hybridized carbons (Fsp3) is 0.667. The molecule has 124 valence electrons. The molecule has 1 aliphatic heterocycles. The second kappa shape index (κ2) is 6.99. The molecule has 2 rings (SSSR count). The van der Waals surface area contributed by atoms with Gasteiger partial charge in [-0.25, -0.2) is 0 Å². The Kier molecular flexibility index (Phi) is 5.70. The highest BCUT2D eigenvalue weighted by molar-refractivity contribution is 7.08. The molecule has 1 saturated heterocycles. The Hall–Kier alpha value is -0.423. The van der Waals surface area contributed by atoms with E-state index in [1.54, 1.807) is 11.3 Å². The van der Waals surface area contributed by atoms with Gasteiger partial charge in [0, 0.05) is 38.1 Å². The molecule has 0 spiro atoms. The second-order valence-electron chi connectivity index (χ2n) is 8.00. The van der Waals surface area contributed by atoms with E-state index in [2.05, 4.69) is 62.2 Å². The Morgan fingerprint density at radius 3 is 2.68 bits per heavy atom. The molecule has 0 aliphatic carbocycles. The monoisotopic (exact) mass is 337 g/mol. The van der Waals surface area contributed by atoms with E-state index in [0.29, 0.717) is 11.8 Å². The van der Waals surface area contributed by atoms with Gasteiger partial charge in [-0.2, -0.15) is 11.3 Å². The minimum atomic E-state index is -1.66. The predicted octanol–water partition coefficient (Wildman–Crippen LogP) is 4.97. The molecule has 2 atom stereocenters. The van der Waals surface area contributed by atoms with Crippen LogP contribution in [0.25, 0.3) is 0 Å². The highest BCUT2D eigenvalue weighted by Gasteiger charge is 2.40. The van der Waals surface area contributed by atoms with Gasteiger partial charge in [0.2, 0.25) is 0 Å². The number of nitrogens with zero attached hydrogens (tertiary/aromatic N) is 1. The van der Waals surface area contributed by atoms with Crippen molar-refractivity contribution in [3.05, 3.63) is 35.0 Å². The van der Waals surface area contributed by atoms with E-state index in [1.807, 2.05) is 6.08 Å². The smallest absolute Gasteiger partial charge is 0.191 e. The first-order chi connectivity index (χ1) is 10.2. The lowest BCUT2D eigenvalue weighted by atomic mass is 9.91. The Labute approximate surface area is 141 Å². The van der Waals surface area contributed by atoms with Crippen molar-refractivity contribution < 1.29 is 4.43 Å². The second-order valence-corrected chi connectivity index (χ2v) is 13.6. The lowest BCUT2D eigenvalue weighted by molar-refractivity contribution is 0.219. The maximum absolute atomic E-state index is 6.52. The van der Waals surface area contributed by atoms with E-state index in [-0.39, 0.29) is 5.04 Å². The average Bonchev–Trinajstić information content (AvgIpc) is 3.03. The first-order valence-electron chi connectivity index (χ1n) is 8.24. The molecule has 2 nitrogen and oxygen atoms in total. The molecule has 4 heteroatoms. The molecule has 1 fully saturated rings. The molecule has 2 heterocycles. The Morgan fingerprint density at radius 1 is 1.41 bits per heavy atom. The van der Waals surface area contributed by atoms with E-state index in [9.17, 15) is 0 Å². The summed E-state index contributed by atoms with van der Waals surface area (Å²) in [4.78, 5) is 2.51. The van der Waals surface area contributed by atoms with Gasteiger partial charge in [0.05, 0.1) is 0 Å². The maximum atomic E-state index is 6.52. The van der Waals surface area contributed by atoms with Crippen LogP contribution in [-0.4, -0.2) is 39.5 Å². The van der Waals surface area contributed by atoms with Gasteiger partial charge in [-0.05, 0) is 40.5 Å². The minimum absolute atomic E-state index is 0.282. The summed E-state index contributed by atoms with van der Waals surface area (Å²) in [5, 5.41) is 4.78. The first kappa shape index (κ1) is 17.9. The van der Waals surface area contributed by atoms with Crippen molar-refractivity contribution in [3.8, 4) is 0 Å². The number of rotatable bonds is 6. The molecule has 0 saturated carbocycles. The van der Waals surface area contributed by atoms with E-state index in [0.717, 1.165) is 26.2 Å². The highest BCUT2D eigenvalue weighted by atomic mass is 32.1. The van der Waals surface area contributed by atoms with Crippen LogP contribution in [-0.2, 0) is 4.43 Å². The number of hydrogen-bond acceptors (Lipinski definition) is 3. The third-order valence-electron chi connectivity index (χ3n) is 5.34. The van der Waals surface area contributed by atoms with Crippen LogP contribution in [0.3, 0.4) is 0 Å². The Bertz CT molecular complexity index is 478. The molecule has 0 aromatic carbocycles. The molecule has 1 aromatic heterocycles. The summed E-state index contributed by atoms with van der Waals surface area (Å²) in [6, 6.07) is 2.28. The van der Waals surface area contributed by atoms with Crippen LogP contribution < -0.4 is 0 Å². The maximum Gasteiger partial charge on any atom is 0.191 e. The largest absolute Gasteiger partial charge is 0.416 e. The normalized spacial score (nSPS) is 23.9. The van der Waals surface area contributed by atoms with Gasteiger partial charge in [-0.15, -0.1) is 6.58 Å². The summed E-state index contributed by atoms with van der Waals surface area (Å²) in [6.45, 7) is 19.7. The molecule has 0 amide bonds. The number of hydrogen-bond donors (Lipinski definition) is 0. The standard InChI is InChI=1S/C18H31NOSSi/c1-7-9-19-11-16(13-20-22(5,6)18(2,3)4)17(12-19)15-8-10-21-14-15/h7-8,10,14,16-17H,1,9,11-13H2,2-6H3. The lowest BCUT2D eigenvalue weighted by Gasteiger charge is -2.37. The molecule has 22 heavy (non-hydrogen) atoms. The van der Waals surface area contributed by atoms with E-state index >= 15 is 0 Å². The Morgan fingerprint density at radius 2 is 2.14 bits per heavy atom. The fourth-order valence-corrected chi connectivity index (χ4v) is 4.65. The van der Waals surface area contributed by atoms with Gasteiger partial charge < -0.3 is 4.43 Å². The summed E-state index contributed by atoms with van der Waals surface area (Å²) >= 11 is 1.80. The third kappa shape index (κ3) is 4.10. The Balaban J connectivity index is 2.05. The van der Waals surface area contributed by atoms with Gasteiger partial charge in [0.15, 0.2) is 8.32 Å². The first-order valence-corrected chi connectivity index (χ1v) is 12.1. The summed E-state index contributed by atoms with van der Waals surface area (Å²) in [7, 11) is -1.66. The van der Waals surface area contributed by atoms with Gasteiger partial charge in [-0.1, -0.05) is 26.8 Å². The van der Waals surface area contributed by atoms with Crippen LogP contribution in [0.4, 0.5) is 0 Å². The molecule has 0 radical (unpaired) electrons. The fourth-order valence-electron chi connectivity index (χ4n) is 2.86. The molecule has 0 bridgehead atoms. The van der Waals surface area contributed by atoms with Crippen LogP contribution in [0.5, 0.6) is 0 Å². The van der Waals surface area contributed by atoms with Crippen molar-refractivity contribution in [2.45, 2.75) is 44.8 Å². The van der Waals surface area contributed by atoms with Crippen LogP contribution in [0.1, 0.15) is 32.3 Å². The highest BCUT2D eigenvalue weighted by Crippen LogP contribution is 2.39. The van der Waals surface area contributed by atoms with Crippen molar-refractivity contribution >= 4 is 19.7 Å². The van der Waals surface area contributed by atoms with Gasteiger partial charge >= 0.3 is 0 Å². The molecule has 0 N–H and O–H groups in total. The average molecular weight is 338 g/mol. The van der Waals surface area contributed by atoms with Crippen molar-refractivity contribution in [1.82, 2.24) is 4.90 Å². The molecule has 1 aromatic rings. The predicted molar refractivity (Wildman–Crippen MR) is 100 cm³/mol. The SMILES string of the molecule is C=CCN1CC(CO[Si](C)(C)C(C)(C)C)C(c2ccsc2)C1. The summed E-state index contributed by atoms with van der Waals surface area (Å²) < 4.78 is 6.52. The van der Waals surface area contributed by atoms with Crippen molar-refractivity contribution in [2.75, 3.05) is 26.2 Å². The van der Waals surface area contributed by atoms with E-state index in [1.165, 1.54) is 5.56 Å².